The number of hydrogen-bond donors (Lipinski definition) is 2. The molecule has 16 heavy (non-hydrogen) atoms. The number of amides is 1. The predicted molar refractivity (Wildman–Crippen MR) is 59.5 cm³/mol. The van der Waals surface area contributed by atoms with E-state index in [1.807, 2.05) is 0 Å². The Hall–Kier alpha value is -1.26. The van der Waals surface area contributed by atoms with Crippen molar-refractivity contribution in [3.05, 3.63) is 34.9 Å². The minimum absolute atomic E-state index is 0.0328. The second kappa shape index (κ2) is 4.31. The van der Waals surface area contributed by atoms with Crippen LogP contribution < -0.4 is 0 Å². The van der Waals surface area contributed by atoms with Gasteiger partial charge in [0, 0.05) is 24.0 Å². The molecule has 2 rings (SSSR count). The molecule has 1 unspecified atom stereocenters. The average molecular weight is 242 g/mol. The minimum atomic E-state index is -0.936. The van der Waals surface area contributed by atoms with Crippen LogP contribution in [0, 0.1) is 5.92 Å². The molecule has 1 aliphatic heterocycles. The van der Waals surface area contributed by atoms with Gasteiger partial charge in [0.2, 0.25) is 0 Å². The van der Waals surface area contributed by atoms with E-state index in [1.54, 1.807) is 24.3 Å². The Kier molecular flexibility index (Phi) is 3.03. The summed E-state index contributed by atoms with van der Waals surface area (Å²) in [7, 11) is 0. The van der Waals surface area contributed by atoms with Gasteiger partial charge in [0.25, 0.3) is 0 Å². The van der Waals surface area contributed by atoms with Crippen LogP contribution in [0.5, 0.6) is 0 Å². The molecule has 86 valence electrons. The first-order valence-electron chi connectivity index (χ1n) is 4.99. The Balaban J connectivity index is 2.00. The Morgan fingerprint density at radius 1 is 1.50 bits per heavy atom. The van der Waals surface area contributed by atoms with E-state index < -0.39 is 12.2 Å². The van der Waals surface area contributed by atoms with Crippen molar-refractivity contribution in [1.82, 2.24) is 4.90 Å². The third kappa shape index (κ3) is 2.13. The molecule has 1 amide bonds. The lowest BCUT2D eigenvalue weighted by Gasteiger charge is -2.39. The van der Waals surface area contributed by atoms with Crippen LogP contribution in [-0.2, 0) is 0 Å². The van der Waals surface area contributed by atoms with E-state index in [-0.39, 0.29) is 5.92 Å². The molecule has 0 radical (unpaired) electrons. The third-order valence-electron chi connectivity index (χ3n) is 2.82. The predicted octanol–water partition coefficient (Wildman–Crippen LogP) is 1.98. The van der Waals surface area contributed by atoms with Gasteiger partial charge in [-0.25, -0.2) is 4.79 Å². The van der Waals surface area contributed by atoms with Crippen molar-refractivity contribution < 1.29 is 15.0 Å². The number of halogens is 1. The zero-order valence-corrected chi connectivity index (χ0v) is 9.26. The second-order valence-corrected chi connectivity index (χ2v) is 4.38. The highest BCUT2D eigenvalue weighted by Gasteiger charge is 2.35. The van der Waals surface area contributed by atoms with Gasteiger partial charge in [-0.1, -0.05) is 23.7 Å². The first kappa shape index (κ1) is 11.2. The number of carbonyl (C=O) groups is 1. The van der Waals surface area contributed by atoms with Gasteiger partial charge in [0.15, 0.2) is 0 Å². The summed E-state index contributed by atoms with van der Waals surface area (Å²) in [5.74, 6) is -0.0328. The smallest absolute Gasteiger partial charge is 0.407 e. The SMILES string of the molecule is O=C(O)N1CC(C(O)c2cccc(Cl)c2)C1. The van der Waals surface area contributed by atoms with E-state index in [0.29, 0.717) is 18.1 Å². The van der Waals surface area contributed by atoms with Crippen molar-refractivity contribution in [2.75, 3.05) is 13.1 Å². The Labute approximate surface area is 98.1 Å². The van der Waals surface area contributed by atoms with Gasteiger partial charge < -0.3 is 15.1 Å². The van der Waals surface area contributed by atoms with Gasteiger partial charge in [0.05, 0.1) is 6.10 Å². The fourth-order valence-electron chi connectivity index (χ4n) is 1.83. The Morgan fingerprint density at radius 3 is 2.75 bits per heavy atom. The molecule has 1 saturated heterocycles. The number of benzene rings is 1. The third-order valence-corrected chi connectivity index (χ3v) is 3.05. The van der Waals surface area contributed by atoms with E-state index in [0.717, 1.165) is 5.56 Å². The van der Waals surface area contributed by atoms with E-state index in [1.165, 1.54) is 4.90 Å². The number of rotatable bonds is 2. The summed E-state index contributed by atoms with van der Waals surface area (Å²) in [5, 5.41) is 19.2. The first-order valence-corrected chi connectivity index (χ1v) is 5.37. The summed E-state index contributed by atoms with van der Waals surface area (Å²) in [5.41, 5.74) is 0.738. The Morgan fingerprint density at radius 2 is 2.19 bits per heavy atom. The summed E-state index contributed by atoms with van der Waals surface area (Å²) >= 11 is 5.82. The van der Waals surface area contributed by atoms with Gasteiger partial charge in [-0.05, 0) is 17.7 Å². The molecular formula is C11H12ClNO3. The summed E-state index contributed by atoms with van der Waals surface area (Å²) in [6.07, 6.45) is -1.58. The lowest BCUT2D eigenvalue weighted by Crippen LogP contribution is -2.51. The van der Waals surface area contributed by atoms with E-state index >= 15 is 0 Å². The van der Waals surface area contributed by atoms with E-state index in [9.17, 15) is 9.90 Å². The number of hydrogen-bond acceptors (Lipinski definition) is 2. The molecule has 4 nitrogen and oxygen atoms in total. The summed E-state index contributed by atoms with van der Waals surface area (Å²) in [4.78, 5) is 11.8. The zero-order valence-electron chi connectivity index (χ0n) is 8.51. The fourth-order valence-corrected chi connectivity index (χ4v) is 2.03. The largest absolute Gasteiger partial charge is 0.465 e. The van der Waals surface area contributed by atoms with Crippen molar-refractivity contribution >= 4 is 17.7 Å². The molecule has 1 heterocycles. The Bertz CT molecular complexity index is 404. The normalized spacial score (nSPS) is 18.0. The van der Waals surface area contributed by atoms with Gasteiger partial charge in [-0.3, -0.25) is 0 Å². The molecule has 2 N–H and O–H groups in total. The number of likely N-dealkylation sites (tertiary alicyclic amines) is 1. The average Bonchev–Trinajstić information content (AvgIpc) is 2.14. The molecule has 1 fully saturated rings. The maximum absolute atomic E-state index is 10.6. The molecule has 1 aromatic rings. The maximum atomic E-state index is 10.6. The van der Waals surface area contributed by atoms with Crippen molar-refractivity contribution in [2.24, 2.45) is 5.92 Å². The standard InChI is InChI=1S/C11H12ClNO3/c12-9-3-1-2-7(4-9)10(14)8-5-13(6-8)11(15)16/h1-4,8,10,14H,5-6H2,(H,15,16). The fraction of sp³-hybridized carbons (Fsp3) is 0.364. The molecular weight excluding hydrogens is 230 g/mol. The molecule has 0 saturated carbocycles. The van der Waals surface area contributed by atoms with Gasteiger partial charge in [-0.15, -0.1) is 0 Å². The molecule has 1 atom stereocenters. The van der Waals surface area contributed by atoms with Crippen LogP contribution in [0.25, 0.3) is 0 Å². The number of carboxylic acid groups (broad SMARTS) is 1. The monoisotopic (exact) mass is 241 g/mol. The van der Waals surface area contributed by atoms with Crippen molar-refractivity contribution in [2.45, 2.75) is 6.10 Å². The quantitative estimate of drug-likeness (QED) is 0.832. The summed E-state index contributed by atoms with van der Waals surface area (Å²) in [6.45, 7) is 0.756. The van der Waals surface area contributed by atoms with Crippen molar-refractivity contribution in [3.8, 4) is 0 Å². The highest BCUT2D eigenvalue weighted by molar-refractivity contribution is 6.30. The highest BCUT2D eigenvalue weighted by atomic mass is 35.5. The van der Waals surface area contributed by atoms with Crippen LogP contribution in [0.3, 0.4) is 0 Å². The topological polar surface area (TPSA) is 60.8 Å². The van der Waals surface area contributed by atoms with Gasteiger partial charge in [-0.2, -0.15) is 0 Å². The van der Waals surface area contributed by atoms with Crippen molar-refractivity contribution in [3.63, 3.8) is 0 Å². The maximum Gasteiger partial charge on any atom is 0.407 e. The number of aliphatic hydroxyl groups is 1. The van der Waals surface area contributed by atoms with E-state index in [4.69, 9.17) is 16.7 Å². The van der Waals surface area contributed by atoms with Crippen LogP contribution in [0.2, 0.25) is 5.02 Å². The molecule has 1 aliphatic rings. The van der Waals surface area contributed by atoms with Gasteiger partial charge >= 0.3 is 6.09 Å². The number of nitrogens with zero attached hydrogens (tertiary/aromatic N) is 1. The van der Waals surface area contributed by atoms with Crippen LogP contribution in [0.1, 0.15) is 11.7 Å². The molecule has 0 aliphatic carbocycles. The molecule has 5 heteroatoms. The first-order chi connectivity index (χ1) is 7.58. The molecule has 1 aromatic carbocycles. The van der Waals surface area contributed by atoms with Crippen LogP contribution in [0.4, 0.5) is 4.79 Å². The second-order valence-electron chi connectivity index (χ2n) is 3.95. The van der Waals surface area contributed by atoms with Crippen LogP contribution in [0.15, 0.2) is 24.3 Å². The van der Waals surface area contributed by atoms with E-state index in [2.05, 4.69) is 0 Å². The van der Waals surface area contributed by atoms with Crippen LogP contribution >= 0.6 is 11.6 Å². The minimum Gasteiger partial charge on any atom is -0.465 e. The highest BCUT2D eigenvalue weighted by Crippen LogP contribution is 2.30. The lowest BCUT2D eigenvalue weighted by atomic mass is 9.89. The summed E-state index contributed by atoms with van der Waals surface area (Å²) in [6, 6.07) is 7.01. The summed E-state index contributed by atoms with van der Waals surface area (Å²) < 4.78 is 0. The lowest BCUT2D eigenvalue weighted by molar-refractivity contribution is 0.00282. The van der Waals surface area contributed by atoms with Crippen LogP contribution in [-0.4, -0.2) is 34.3 Å². The number of aliphatic hydroxyl groups excluding tert-OH is 1. The van der Waals surface area contributed by atoms with Crippen molar-refractivity contribution in [1.29, 1.82) is 0 Å². The molecule has 0 bridgehead atoms. The zero-order chi connectivity index (χ0) is 11.7. The van der Waals surface area contributed by atoms with Gasteiger partial charge in [0.1, 0.15) is 0 Å². The molecule has 0 aromatic heterocycles. The molecule has 0 spiro atoms.